The number of hydrogen-bond donors (Lipinski definition) is 0. The number of aryl methyl sites for hydroxylation is 3. The van der Waals surface area contributed by atoms with Crippen LogP contribution in [0.4, 0.5) is 0 Å². The first kappa shape index (κ1) is 18.3. The lowest BCUT2D eigenvalue weighted by molar-refractivity contribution is 0.0502. The van der Waals surface area contributed by atoms with E-state index in [4.69, 9.17) is 21.1 Å². The minimum atomic E-state index is -0.366. The number of benzene rings is 2. The molecule has 2 rings (SSSR count). The fourth-order valence-corrected chi connectivity index (χ4v) is 2.64. The van der Waals surface area contributed by atoms with Gasteiger partial charge < -0.3 is 9.47 Å². The van der Waals surface area contributed by atoms with E-state index in [0.717, 1.165) is 23.3 Å². The van der Waals surface area contributed by atoms with Gasteiger partial charge in [-0.25, -0.2) is 4.79 Å². The third-order valence-corrected chi connectivity index (χ3v) is 4.29. The van der Waals surface area contributed by atoms with Crippen molar-refractivity contribution in [2.45, 2.75) is 40.7 Å². The normalized spacial score (nSPS) is 10.5. The Morgan fingerprint density at radius 3 is 2.50 bits per heavy atom. The Morgan fingerprint density at radius 1 is 1.08 bits per heavy atom. The summed E-state index contributed by atoms with van der Waals surface area (Å²) in [5, 5.41) is 0.502. The van der Waals surface area contributed by atoms with Gasteiger partial charge >= 0.3 is 5.97 Å². The smallest absolute Gasteiger partial charge is 0.338 e. The molecule has 2 aromatic carbocycles. The van der Waals surface area contributed by atoms with Crippen LogP contribution in [0.1, 0.15) is 46.0 Å². The third kappa shape index (κ3) is 4.30. The van der Waals surface area contributed by atoms with E-state index < -0.39 is 0 Å². The van der Waals surface area contributed by atoms with Crippen LogP contribution in [0.15, 0.2) is 30.3 Å². The van der Waals surface area contributed by atoms with Gasteiger partial charge in [0.15, 0.2) is 0 Å². The lowest BCUT2D eigenvalue weighted by Gasteiger charge is -2.15. The molecule has 2 aromatic rings. The van der Waals surface area contributed by atoms with Gasteiger partial charge in [0.25, 0.3) is 0 Å². The summed E-state index contributed by atoms with van der Waals surface area (Å²) in [6, 6.07) is 9.32. The molecule has 0 amide bonds. The summed E-state index contributed by atoms with van der Waals surface area (Å²) in [7, 11) is 0. The number of hydrogen-bond acceptors (Lipinski definition) is 3. The molecule has 0 saturated carbocycles. The van der Waals surface area contributed by atoms with Crippen molar-refractivity contribution in [3.05, 3.63) is 63.2 Å². The van der Waals surface area contributed by atoms with Crippen molar-refractivity contribution >= 4 is 17.6 Å². The molecule has 0 atom stereocenters. The maximum absolute atomic E-state index is 12.2. The van der Waals surface area contributed by atoms with Crippen LogP contribution in [0, 0.1) is 20.8 Å². The monoisotopic (exact) mass is 346 g/mol. The molecule has 0 fully saturated rings. The SMILES string of the molecule is CCCOC(=O)c1cccc(Cl)c1COc1cc(C)c(C)cc1C. The Kier molecular flexibility index (Phi) is 6.27. The standard InChI is InChI=1S/C20H23ClO3/c1-5-9-23-20(22)16-7-6-8-18(21)17(16)12-24-19-11-14(3)13(2)10-15(19)4/h6-8,10-11H,5,9,12H2,1-4H3. The maximum atomic E-state index is 12.2. The molecule has 0 radical (unpaired) electrons. The number of carbonyl (C=O) groups is 1. The van der Waals surface area contributed by atoms with Crippen LogP contribution in [0.3, 0.4) is 0 Å². The average molecular weight is 347 g/mol. The number of rotatable bonds is 6. The van der Waals surface area contributed by atoms with Crippen molar-refractivity contribution in [3.8, 4) is 5.75 Å². The summed E-state index contributed by atoms with van der Waals surface area (Å²) in [6.45, 7) is 8.69. The van der Waals surface area contributed by atoms with Crippen LogP contribution in [0.5, 0.6) is 5.75 Å². The highest BCUT2D eigenvalue weighted by Crippen LogP contribution is 2.26. The van der Waals surface area contributed by atoms with Gasteiger partial charge in [0, 0.05) is 10.6 Å². The molecule has 0 heterocycles. The lowest BCUT2D eigenvalue weighted by atomic mass is 10.1. The third-order valence-electron chi connectivity index (χ3n) is 3.94. The van der Waals surface area contributed by atoms with Crippen molar-refractivity contribution in [2.24, 2.45) is 0 Å². The minimum absolute atomic E-state index is 0.222. The van der Waals surface area contributed by atoms with Crippen molar-refractivity contribution in [3.63, 3.8) is 0 Å². The number of ether oxygens (including phenoxy) is 2. The Bertz CT molecular complexity index is 738. The Labute approximate surface area is 148 Å². The molecule has 0 aromatic heterocycles. The van der Waals surface area contributed by atoms with E-state index in [1.807, 2.05) is 26.8 Å². The molecule has 3 nitrogen and oxygen atoms in total. The van der Waals surface area contributed by atoms with E-state index in [9.17, 15) is 4.79 Å². The maximum Gasteiger partial charge on any atom is 0.338 e. The van der Waals surface area contributed by atoms with E-state index in [1.165, 1.54) is 5.56 Å². The first-order valence-corrected chi connectivity index (χ1v) is 8.47. The summed E-state index contributed by atoms with van der Waals surface area (Å²) in [5.41, 5.74) is 4.55. The van der Waals surface area contributed by atoms with E-state index in [1.54, 1.807) is 18.2 Å². The van der Waals surface area contributed by atoms with Gasteiger partial charge in [-0.2, -0.15) is 0 Å². The predicted molar refractivity (Wildman–Crippen MR) is 97.0 cm³/mol. The number of carbonyl (C=O) groups excluding carboxylic acids is 1. The Morgan fingerprint density at radius 2 is 1.79 bits per heavy atom. The van der Waals surface area contributed by atoms with Gasteiger partial charge in [0.1, 0.15) is 12.4 Å². The van der Waals surface area contributed by atoms with Crippen LogP contribution in [0.2, 0.25) is 5.02 Å². The van der Waals surface area contributed by atoms with Gasteiger partial charge in [-0.3, -0.25) is 0 Å². The van der Waals surface area contributed by atoms with Crippen LogP contribution in [-0.4, -0.2) is 12.6 Å². The second-order valence-electron chi connectivity index (χ2n) is 5.89. The van der Waals surface area contributed by atoms with E-state index in [2.05, 4.69) is 13.0 Å². The minimum Gasteiger partial charge on any atom is -0.489 e. The van der Waals surface area contributed by atoms with Gasteiger partial charge in [-0.05, 0) is 62.1 Å². The van der Waals surface area contributed by atoms with E-state index in [-0.39, 0.29) is 12.6 Å². The molecule has 0 aliphatic carbocycles. The highest BCUT2D eigenvalue weighted by molar-refractivity contribution is 6.31. The van der Waals surface area contributed by atoms with Gasteiger partial charge in [0.2, 0.25) is 0 Å². The zero-order valence-electron chi connectivity index (χ0n) is 14.6. The Hall–Kier alpha value is -2.00. The molecule has 0 saturated heterocycles. The molecule has 0 spiro atoms. The van der Waals surface area contributed by atoms with Crippen molar-refractivity contribution in [1.29, 1.82) is 0 Å². The average Bonchev–Trinajstić information content (AvgIpc) is 2.55. The van der Waals surface area contributed by atoms with Crippen LogP contribution < -0.4 is 4.74 Å². The molecule has 4 heteroatoms. The van der Waals surface area contributed by atoms with Crippen LogP contribution in [-0.2, 0) is 11.3 Å². The first-order valence-electron chi connectivity index (χ1n) is 8.09. The molecule has 24 heavy (non-hydrogen) atoms. The summed E-state index contributed by atoms with van der Waals surface area (Å²) in [5.74, 6) is 0.431. The first-order chi connectivity index (χ1) is 11.4. The predicted octanol–water partition coefficient (Wildman–Crippen LogP) is 5.41. The molecule has 128 valence electrons. The largest absolute Gasteiger partial charge is 0.489 e. The molecular weight excluding hydrogens is 324 g/mol. The summed E-state index contributed by atoms with van der Waals surface area (Å²) < 4.78 is 11.2. The zero-order chi connectivity index (χ0) is 17.7. The van der Waals surface area contributed by atoms with Crippen LogP contribution in [0.25, 0.3) is 0 Å². The molecule has 0 N–H and O–H groups in total. The molecule has 0 unspecified atom stereocenters. The zero-order valence-corrected chi connectivity index (χ0v) is 15.4. The Balaban J connectivity index is 2.24. The van der Waals surface area contributed by atoms with Gasteiger partial charge in [-0.1, -0.05) is 30.7 Å². The highest BCUT2D eigenvalue weighted by atomic mass is 35.5. The van der Waals surface area contributed by atoms with Crippen molar-refractivity contribution < 1.29 is 14.3 Å². The lowest BCUT2D eigenvalue weighted by Crippen LogP contribution is -2.11. The number of esters is 1. The molecular formula is C20H23ClO3. The van der Waals surface area contributed by atoms with Gasteiger partial charge in [-0.15, -0.1) is 0 Å². The number of halogens is 1. The van der Waals surface area contributed by atoms with E-state index in [0.29, 0.717) is 22.8 Å². The second-order valence-corrected chi connectivity index (χ2v) is 6.30. The molecule has 0 bridgehead atoms. The fourth-order valence-electron chi connectivity index (χ4n) is 2.41. The van der Waals surface area contributed by atoms with E-state index >= 15 is 0 Å². The highest BCUT2D eigenvalue weighted by Gasteiger charge is 2.16. The van der Waals surface area contributed by atoms with Crippen LogP contribution >= 0.6 is 11.6 Å². The fraction of sp³-hybridized carbons (Fsp3) is 0.350. The van der Waals surface area contributed by atoms with Gasteiger partial charge in [0.05, 0.1) is 12.2 Å². The summed E-state index contributed by atoms with van der Waals surface area (Å²) >= 11 is 6.28. The molecule has 0 aliphatic heterocycles. The van der Waals surface area contributed by atoms with Crippen molar-refractivity contribution in [2.75, 3.05) is 6.61 Å². The quantitative estimate of drug-likeness (QED) is 0.656. The topological polar surface area (TPSA) is 35.5 Å². The van der Waals surface area contributed by atoms with Crippen molar-refractivity contribution in [1.82, 2.24) is 0 Å². The second kappa shape index (κ2) is 8.20. The summed E-state index contributed by atoms with van der Waals surface area (Å²) in [6.07, 6.45) is 0.778. The molecule has 0 aliphatic rings. The summed E-state index contributed by atoms with van der Waals surface area (Å²) in [4.78, 5) is 12.2.